The summed E-state index contributed by atoms with van der Waals surface area (Å²) in [6, 6.07) is 12.8. The molecule has 4 heteroatoms. The molecule has 0 radical (unpaired) electrons. The maximum Gasteiger partial charge on any atom is 0.397 e. The van der Waals surface area contributed by atoms with Crippen LogP contribution in [0.2, 0.25) is 19.6 Å². The third-order valence-corrected chi connectivity index (χ3v) is 6.03. The van der Waals surface area contributed by atoms with Gasteiger partial charge in [-0.2, -0.15) is 0 Å². The van der Waals surface area contributed by atoms with Crippen molar-refractivity contribution in [3.05, 3.63) is 48.1 Å². The maximum atomic E-state index is 4.32. The van der Waals surface area contributed by atoms with Gasteiger partial charge < -0.3 is 10.5 Å². The minimum Gasteiger partial charge on any atom is -0.405 e. The van der Waals surface area contributed by atoms with Crippen molar-refractivity contribution in [3.63, 3.8) is 0 Å². The quantitative estimate of drug-likeness (QED) is 0.798. The molecule has 96 valence electrons. The van der Waals surface area contributed by atoms with Gasteiger partial charge in [0.25, 0.3) is 0 Å². The van der Waals surface area contributed by atoms with E-state index in [2.05, 4.69) is 73.1 Å². The number of nitrogens with one attached hydrogen (secondary N) is 2. The topological polar surface area (TPSA) is 24.1 Å². The molecule has 2 aromatic rings. The zero-order valence-electron chi connectivity index (χ0n) is 11.7. The number of anilines is 2. The molecular formula is C15H19BN2Si. The largest absolute Gasteiger partial charge is 0.405 e. The summed E-state index contributed by atoms with van der Waals surface area (Å²) in [5.74, 6) is 0. The number of hydrogen-bond acceptors (Lipinski definition) is 2. The maximum absolute atomic E-state index is 4.32. The van der Waals surface area contributed by atoms with E-state index in [9.17, 15) is 0 Å². The summed E-state index contributed by atoms with van der Waals surface area (Å²) in [4.78, 5) is 0. The first kappa shape index (κ1) is 12.4. The highest BCUT2D eigenvalue weighted by Crippen LogP contribution is 2.35. The van der Waals surface area contributed by atoms with Crippen molar-refractivity contribution < 1.29 is 0 Å². The Kier molecular flexibility index (Phi) is 2.71. The number of rotatable bonds is 2. The van der Waals surface area contributed by atoms with Crippen molar-refractivity contribution >= 4 is 37.2 Å². The van der Waals surface area contributed by atoms with Crippen molar-refractivity contribution in [2.75, 3.05) is 10.5 Å². The van der Waals surface area contributed by atoms with Crippen molar-refractivity contribution in [1.29, 1.82) is 0 Å². The van der Waals surface area contributed by atoms with Gasteiger partial charge in [-0.3, -0.25) is 0 Å². The van der Waals surface area contributed by atoms with Crippen molar-refractivity contribution in [2.24, 2.45) is 0 Å². The van der Waals surface area contributed by atoms with E-state index in [1.807, 2.05) is 0 Å². The van der Waals surface area contributed by atoms with Crippen LogP contribution in [-0.4, -0.2) is 15.1 Å². The third kappa shape index (κ3) is 2.06. The van der Waals surface area contributed by atoms with Crippen LogP contribution in [0.3, 0.4) is 0 Å². The van der Waals surface area contributed by atoms with Gasteiger partial charge in [-0.1, -0.05) is 49.0 Å². The van der Waals surface area contributed by atoms with E-state index < -0.39 is 8.07 Å². The lowest BCUT2D eigenvalue weighted by Crippen LogP contribution is -2.46. The fourth-order valence-electron chi connectivity index (χ4n) is 2.54. The second-order valence-corrected chi connectivity index (χ2v) is 11.3. The highest BCUT2D eigenvalue weighted by atomic mass is 28.3. The average molecular weight is 266 g/mol. The van der Waals surface area contributed by atoms with Gasteiger partial charge in [-0.25, -0.2) is 0 Å². The van der Waals surface area contributed by atoms with E-state index >= 15 is 0 Å². The highest BCUT2D eigenvalue weighted by Gasteiger charge is 2.32. The second kappa shape index (κ2) is 4.17. The fourth-order valence-corrected chi connectivity index (χ4v) is 3.55. The molecule has 0 saturated heterocycles. The van der Waals surface area contributed by atoms with E-state index in [1.165, 1.54) is 27.2 Å². The summed E-state index contributed by atoms with van der Waals surface area (Å²) in [5.41, 5.74) is 2.41. The van der Waals surface area contributed by atoms with Crippen molar-refractivity contribution in [2.45, 2.75) is 19.6 Å². The molecule has 2 aromatic carbocycles. The molecule has 0 aromatic heterocycles. The molecule has 2 nitrogen and oxygen atoms in total. The average Bonchev–Trinajstić information content (AvgIpc) is 2.37. The summed E-state index contributed by atoms with van der Waals surface area (Å²) < 4.78 is 0. The van der Waals surface area contributed by atoms with Gasteiger partial charge in [-0.15, -0.1) is 6.58 Å². The minimum absolute atomic E-state index is 0.146. The molecule has 0 amide bonds. The summed E-state index contributed by atoms with van der Waals surface area (Å²) in [7, 11) is -1.37. The van der Waals surface area contributed by atoms with Crippen LogP contribution in [0.5, 0.6) is 0 Å². The van der Waals surface area contributed by atoms with E-state index in [0.29, 0.717) is 0 Å². The molecule has 0 fully saturated rings. The standard InChI is InChI=1S/C15H19BN2Si/c1-11(19(2,3)4)16-17-13-9-5-7-12-8-6-10-14(18-16)15(12)13/h5-10,17-18H,1H2,2-4H3. The van der Waals surface area contributed by atoms with Crippen LogP contribution in [0.1, 0.15) is 0 Å². The first-order valence-corrected chi connectivity index (χ1v) is 10.2. The van der Waals surface area contributed by atoms with Crippen LogP contribution < -0.4 is 10.5 Å². The first-order chi connectivity index (χ1) is 8.97. The molecule has 0 atom stereocenters. The molecule has 3 rings (SSSR count). The second-order valence-electron chi connectivity index (χ2n) is 6.21. The van der Waals surface area contributed by atoms with Gasteiger partial charge in [-0.05, 0) is 17.5 Å². The van der Waals surface area contributed by atoms with Crippen LogP contribution in [0.4, 0.5) is 11.4 Å². The minimum atomic E-state index is -1.37. The van der Waals surface area contributed by atoms with Crippen LogP contribution in [-0.2, 0) is 0 Å². The number of hydrogen-bond donors (Lipinski definition) is 2. The summed E-state index contributed by atoms with van der Waals surface area (Å²) in [6.45, 7) is 11.5. The predicted octanol–water partition coefficient (Wildman–Crippen LogP) is 4.14. The Morgan fingerprint density at radius 3 is 2.00 bits per heavy atom. The van der Waals surface area contributed by atoms with Crippen LogP contribution in [0.15, 0.2) is 48.1 Å². The lowest BCUT2D eigenvalue weighted by Gasteiger charge is -2.32. The first-order valence-electron chi connectivity index (χ1n) is 6.71. The van der Waals surface area contributed by atoms with Crippen molar-refractivity contribution in [1.82, 2.24) is 0 Å². The summed E-state index contributed by atoms with van der Waals surface area (Å²) in [6.07, 6.45) is 0. The smallest absolute Gasteiger partial charge is 0.397 e. The zero-order chi connectivity index (χ0) is 13.6. The van der Waals surface area contributed by atoms with Gasteiger partial charge in [0.05, 0.1) is 8.07 Å². The molecule has 0 unspecified atom stereocenters. The normalized spacial score (nSPS) is 13.9. The molecule has 0 spiro atoms. The molecule has 1 aliphatic heterocycles. The Hall–Kier alpha value is -1.68. The van der Waals surface area contributed by atoms with Crippen LogP contribution in [0, 0.1) is 0 Å². The predicted molar refractivity (Wildman–Crippen MR) is 89.4 cm³/mol. The Morgan fingerprint density at radius 1 is 1.00 bits per heavy atom. The molecule has 2 N–H and O–H groups in total. The zero-order valence-corrected chi connectivity index (χ0v) is 12.7. The van der Waals surface area contributed by atoms with E-state index in [-0.39, 0.29) is 6.98 Å². The third-order valence-electron chi connectivity index (χ3n) is 3.82. The Bertz CT molecular complexity index is 620. The monoisotopic (exact) mass is 266 g/mol. The van der Waals surface area contributed by atoms with E-state index in [0.717, 1.165) is 0 Å². The van der Waals surface area contributed by atoms with E-state index in [1.54, 1.807) is 0 Å². The SMILES string of the molecule is C=C(B1Nc2cccc3cccc(c23)N1)[Si](C)(C)C. The molecule has 0 saturated carbocycles. The molecule has 0 aliphatic carbocycles. The van der Waals surface area contributed by atoms with Gasteiger partial charge in [0.2, 0.25) is 0 Å². The summed E-state index contributed by atoms with van der Waals surface area (Å²) in [5, 5.41) is 11.0. The molecule has 19 heavy (non-hydrogen) atoms. The van der Waals surface area contributed by atoms with Gasteiger partial charge in [0.15, 0.2) is 0 Å². The Morgan fingerprint density at radius 2 is 1.53 bits per heavy atom. The molecule has 0 bridgehead atoms. The van der Waals surface area contributed by atoms with Gasteiger partial charge in [0.1, 0.15) is 0 Å². The van der Waals surface area contributed by atoms with Gasteiger partial charge >= 0.3 is 6.98 Å². The number of benzene rings is 2. The van der Waals surface area contributed by atoms with Crippen molar-refractivity contribution in [3.8, 4) is 0 Å². The lowest BCUT2D eigenvalue weighted by atomic mass is 9.73. The van der Waals surface area contributed by atoms with Crippen LogP contribution in [0.25, 0.3) is 10.8 Å². The molecule has 1 heterocycles. The lowest BCUT2D eigenvalue weighted by molar-refractivity contribution is 1.59. The van der Waals surface area contributed by atoms with E-state index in [4.69, 9.17) is 0 Å². The Labute approximate surface area is 116 Å². The molecule has 1 aliphatic rings. The van der Waals surface area contributed by atoms with Crippen LogP contribution >= 0.6 is 0 Å². The van der Waals surface area contributed by atoms with Gasteiger partial charge in [0, 0.05) is 16.8 Å². The highest BCUT2D eigenvalue weighted by molar-refractivity contribution is 7.00. The summed E-state index contributed by atoms with van der Waals surface area (Å²) >= 11 is 0. The molecular weight excluding hydrogens is 247 g/mol. The Balaban J connectivity index is 2.06. The fraction of sp³-hybridized carbons (Fsp3) is 0.200.